The molecular weight excluding hydrogens is 314 g/mol. The van der Waals surface area contributed by atoms with E-state index < -0.39 is 0 Å². The molecule has 3 heteroatoms. The first-order valence-corrected chi connectivity index (χ1v) is 8.45. The van der Waals surface area contributed by atoms with E-state index in [9.17, 15) is 4.79 Å². The smallest absolute Gasteiger partial charge is 0.222 e. The van der Waals surface area contributed by atoms with Crippen LogP contribution >= 0.6 is 15.9 Å². The number of hydrogen-bond acceptors (Lipinski definition) is 1. The summed E-state index contributed by atoms with van der Waals surface area (Å²) in [7, 11) is 0. The van der Waals surface area contributed by atoms with E-state index in [0.29, 0.717) is 17.2 Å². The van der Waals surface area contributed by atoms with Gasteiger partial charge in [0.05, 0.1) is 0 Å². The molecule has 0 aliphatic carbocycles. The fourth-order valence-electron chi connectivity index (χ4n) is 2.89. The quantitative estimate of drug-likeness (QED) is 0.761. The van der Waals surface area contributed by atoms with Crippen LogP contribution in [0.15, 0.2) is 24.3 Å². The van der Waals surface area contributed by atoms with Crippen molar-refractivity contribution in [2.75, 3.05) is 13.1 Å². The first kappa shape index (κ1) is 15.6. The minimum atomic E-state index is 0.312. The van der Waals surface area contributed by atoms with Crippen LogP contribution in [0.1, 0.15) is 37.3 Å². The Kier molecular flexibility index (Phi) is 5.64. The normalized spacial score (nSPS) is 18.1. The molecule has 0 N–H and O–H groups in total. The average Bonchev–Trinajstić information content (AvgIpc) is 2.45. The van der Waals surface area contributed by atoms with Crippen LogP contribution in [0.25, 0.3) is 0 Å². The van der Waals surface area contributed by atoms with Crippen molar-refractivity contribution in [1.29, 1.82) is 0 Å². The Morgan fingerprint density at radius 1 is 1.40 bits per heavy atom. The lowest BCUT2D eigenvalue weighted by Crippen LogP contribution is -2.40. The van der Waals surface area contributed by atoms with E-state index in [4.69, 9.17) is 0 Å². The lowest BCUT2D eigenvalue weighted by molar-refractivity contribution is -0.132. The van der Waals surface area contributed by atoms with E-state index in [-0.39, 0.29) is 0 Å². The summed E-state index contributed by atoms with van der Waals surface area (Å²) in [6.45, 7) is 6.15. The Labute approximate surface area is 130 Å². The highest BCUT2D eigenvalue weighted by Gasteiger charge is 2.24. The Morgan fingerprint density at radius 2 is 2.10 bits per heavy atom. The van der Waals surface area contributed by atoms with Gasteiger partial charge in [0.2, 0.25) is 5.91 Å². The zero-order valence-electron chi connectivity index (χ0n) is 12.4. The van der Waals surface area contributed by atoms with Gasteiger partial charge in [-0.1, -0.05) is 52.7 Å². The molecule has 0 saturated carbocycles. The molecule has 1 aliphatic rings. The molecule has 20 heavy (non-hydrogen) atoms. The molecule has 1 amide bonds. The summed E-state index contributed by atoms with van der Waals surface area (Å²) in [6.07, 6.45) is 3.75. The number of amides is 1. The van der Waals surface area contributed by atoms with E-state index >= 15 is 0 Å². The molecule has 2 rings (SSSR count). The van der Waals surface area contributed by atoms with Crippen LogP contribution in [0, 0.1) is 12.8 Å². The number of hydrogen-bond donors (Lipinski definition) is 0. The lowest BCUT2D eigenvalue weighted by Gasteiger charge is -2.33. The number of piperidine rings is 1. The summed E-state index contributed by atoms with van der Waals surface area (Å²) < 4.78 is 0. The van der Waals surface area contributed by atoms with E-state index in [1.807, 2.05) is 4.90 Å². The van der Waals surface area contributed by atoms with Crippen molar-refractivity contribution in [3.63, 3.8) is 0 Å². The van der Waals surface area contributed by atoms with Crippen molar-refractivity contribution < 1.29 is 4.79 Å². The number of likely N-dealkylation sites (tertiary alicyclic amines) is 1. The monoisotopic (exact) mass is 337 g/mol. The largest absolute Gasteiger partial charge is 0.343 e. The van der Waals surface area contributed by atoms with Crippen LogP contribution in [0.3, 0.4) is 0 Å². The number of nitrogens with zero attached hydrogens (tertiary/aromatic N) is 1. The first-order valence-electron chi connectivity index (χ1n) is 7.53. The fraction of sp³-hybridized carbons (Fsp3) is 0.588. The van der Waals surface area contributed by atoms with Gasteiger partial charge < -0.3 is 4.90 Å². The minimum Gasteiger partial charge on any atom is -0.343 e. The van der Waals surface area contributed by atoms with Gasteiger partial charge in [-0.3, -0.25) is 4.79 Å². The highest BCUT2D eigenvalue weighted by Crippen LogP contribution is 2.25. The van der Waals surface area contributed by atoms with E-state index in [1.54, 1.807) is 0 Å². The van der Waals surface area contributed by atoms with Crippen LogP contribution in [0.4, 0.5) is 0 Å². The van der Waals surface area contributed by atoms with Crippen molar-refractivity contribution in [2.24, 2.45) is 5.92 Å². The summed E-state index contributed by atoms with van der Waals surface area (Å²) in [5.41, 5.74) is 2.53. The van der Waals surface area contributed by atoms with Crippen molar-refractivity contribution in [1.82, 2.24) is 4.90 Å². The number of rotatable bonds is 4. The SMILES string of the molecule is Cc1cccc(CCC(=O)N2CCC(C(C)Br)CC2)c1. The Balaban J connectivity index is 1.78. The van der Waals surface area contributed by atoms with Gasteiger partial charge in [0.25, 0.3) is 0 Å². The molecule has 1 saturated heterocycles. The minimum absolute atomic E-state index is 0.312. The standard InChI is InChI=1S/C17H24BrNO/c1-13-4-3-5-15(12-13)6-7-17(20)19-10-8-16(9-11-19)14(2)18/h3-5,12,14,16H,6-11H2,1-2H3. The first-order chi connectivity index (χ1) is 9.56. The van der Waals surface area contributed by atoms with Gasteiger partial charge >= 0.3 is 0 Å². The van der Waals surface area contributed by atoms with Crippen molar-refractivity contribution in [3.8, 4) is 0 Å². The third kappa shape index (κ3) is 4.34. The van der Waals surface area contributed by atoms with Crippen molar-refractivity contribution >= 4 is 21.8 Å². The van der Waals surface area contributed by atoms with Crippen LogP contribution < -0.4 is 0 Å². The molecule has 1 aromatic rings. The Bertz CT molecular complexity index is 450. The number of benzene rings is 1. The van der Waals surface area contributed by atoms with Gasteiger partial charge in [-0.2, -0.15) is 0 Å². The third-order valence-electron chi connectivity index (χ3n) is 4.25. The summed E-state index contributed by atoms with van der Waals surface area (Å²) in [5, 5.41) is 0. The molecular formula is C17H24BrNO. The summed E-state index contributed by atoms with van der Waals surface area (Å²) in [4.78, 5) is 14.9. The maximum Gasteiger partial charge on any atom is 0.222 e. The number of aryl methyl sites for hydroxylation is 2. The van der Waals surface area contributed by atoms with Crippen LogP contribution in [0.2, 0.25) is 0 Å². The molecule has 1 unspecified atom stereocenters. The van der Waals surface area contributed by atoms with Gasteiger partial charge in [-0.05, 0) is 37.7 Å². The molecule has 0 spiro atoms. The molecule has 1 atom stereocenters. The van der Waals surface area contributed by atoms with Gasteiger partial charge in [-0.15, -0.1) is 0 Å². The van der Waals surface area contributed by atoms with Gasteiger partial charge in [0.1, 0.15) is 0 Å². The van der Waals surface area contributed by atoms with E-state index in [2.05, 4.69) is 54.0 Å². The molecule has 1 heterocycles. The topological polar surface area (TPSA) is 20.3 Å². The third-order valence-corrected chi connectivity index (χ3v) is 5.00. The molecule has 0 aromatic heterocycles. The maximum atomic E-state index is 12.2. The molecule has 0 bridgehead atoms. The summed E-state index contributed by atoms with van der Waals surface area (Å²) in [6, 6.07) is 8.45. The van der Waals surface area contributed by atoms with Crippen LogP contribution in [0.5, 0.6) is 0 Å². The van der Waals surface area contributed by atoms with Crippen LogP contribution in [-0.4, -0.2) is 28.7 Å². The number of carbonyl (C=O) groups is 1. The van der Waals surface area contributed by atoms with Crippen molar-refractivity contribution in [3.05, 3.63) is 35.4 Å². The fourth-order valence-corrected chi connectivity index (χ4v) is 3.41. The Morgan fingerprint density at radius 3 is 2.70 bits per heavy atom. The van der Waals surface area contributed by atoms with E-state index in [0.717, 1.165) is 38.3 Å². The molecule has 1 aliphatic heterocycles. The van der Waals surface area contributed by atoms with E-state index in [1.165, 1.54) is 11.1 Å². The zero-order chi connectivity index (χ0) is 14.5. The van der Waals surface area contributed by atoms with Gasteiger partial charge in [0, 0.05) is 24.3 Å². The number of alkyl halides is 1. The second kappa shape index (κ2) is 7.26. The zero-order valence-corrected chi connectivity index (χ0v) is 14.0. The van der Waals surface area contributed by atoms with Crippen molar-refractivity contribution in [2.45, 2.75) is 44.4 Å². The Hall–Kier alpha value is -0.830. The average molecular weight is 338 g/mol. The number of halogens is 1. The van der Waals surface area contributed by atoms with Gasteiger partial charge in [-0.25, -0.2) is 0 Å². The summed E-state index contributed by atoms with van der Waals surface area (Å²) in [5.74, 6) is 1.03. The number of carbonyl (C=O) groups excluding carboxylic acids is 1. The second-order valence-corrected chi connectivity index (χ2v) is 7.33. The van der Waals surface area contributed by atoms with Crippen LogP contribution in [-0.2, 0) is 11.2 Å². The highest BCUT2D eigenvalue weighted by atomic mass is 79.9. The maximum absolute atomic E-state index is 12.2. The molecule has 110 valence electrons. The second-order valence-electron chi connectivity index (χ2n) is 5.88. The molecule has 2 nitrogen and oxygen atoms in total. The predicted octanol–water partition coefficient (Wildman–Crippen LogP) is 3.95. The van der Waals surface area contributed by atoms with Gasteiger partial charge in [0.15, 0.2) is 0 Å². The summed E-state index contributed by atoms with van der Waals surface area (Å²) >= 11 is 3.66. The highest BCUT2D eigenvalue weighted by molar-refractivity contribution is 9.09. The molecule has 1 fully saturated rings. The predicted molar refractivity (Wildman–Crippen MR) is 87.2 cm³/mol. The molecule has 1 aromatic carbocycles. The molecule has 0 radical (unpaired) electrons. The lowest BCUT2D eigenvalue weighted by atomic mass is 9.94.